The third-order valence-electron chi connectivity index (χ3n) is 5.35. The minimum atomic E-state index is -1.32. The largest absolute Gasteiger partial charge is 0.299 e. The first-order chi connectivity index (χ1) is 12.7. The topological polar surface area (TPSA) is 3.24 Å². The highest BCUT2D eigenvalue weighted by Crippen LogP contribution is 2.41. The van der Waals surface area contributed by atoms with Gasteiger partial charge in [-0.15, -0.1) is 0 Å². The van der Waals surface area contributed by atoms with Crippen LogP contribution in [-0.2, 0) is 13.0 Å². The van der Waals surface area contributed by atoms with Crippen molar-refractivity contribution in [2.75, 3.05) is 13.1 Å². The maximum absolute atomic E-state index is 13.5. The molecule has 0 saturated heterocycles. The lowest BCUT2D eigenvalue weighted by atomic mass is 9.76. The van der Waals surface area contributed by atoms with E-state index in [9.17, 15) is 8.78 Å². The summed E-state index contributed by atoms with van der Waals surface area (Å²) in [6.07, 6.45) is 1.02. The van der Waals surface area contributed by atoms with Gasteiger partial charge in [0.25, 0.3) is 0 Å². The van der Waals surface area contributed by atoms with Crippen molar-refractivity contribution in [2.24, 2.45) is 0 Å². The zero-order valence-corrected chi connectivity index (χ0v) is 15.6. The number of halogens is 2. The molecule has 1 aliphatic carbocycles. The Labute approximate surface area is 156 Å². The number of benzene rings is 2. The first kappa shape index (κ1) is 19.0. The first-order valence-electron chi connectivity index (χ1n) is 9.80. The van der Waals surface area contributed by atoms with Gasteiger partial charge < -0.3 is 0 Å². The van der Waals surface area contributed by atoms with Crippen molar-refractivity contribution in [3.63, 3.8) is 0 Å². The third kappa shape index (κ3) is 4.91. The number of nitrogens with zero attached hydrogens (tertiary/aromatic N) is 1. The highest BCUT2D eigenvalue weighted by atomic mass is 19.2. The maximum atomic E-state index is 13.5. The lowest BCUT2D eigenvalue weighted by molar-refractivity contribution is 0.0428. The summed E-state index contributed by atoms with van der Waals surface area (Å²) in [6.45, 7) is 5.40. The molecule has 2 aromatic carbocycles. The van der Waals surface area contributed by atoms with Crippen LogP contribution in [0, 0.1) is 0 Å². The van der Waals surface area contributed by atoms with Gasteiger partial charge in [0.1, 0.15) is 12.3 Å². The van der Waals surface area contributed by atoms with E-state index in [0.29, 0.717) is 6.42 Å². The van der Waals surface area contributed by atoms with Crippen molar-refractivity contribution in [1.82, 2.24) is 4.90 Å². The van der Waals surface area contributed by atoms with Crippen molar-refractivity contribution >= 4 is 0 Å². The number of rotatable bonds is 9. The summed E-state index contributed by atoms with van der Waals surface area (Å²) in [5.41, 5.74) is 3.57. The maximum Gasteiger partial charge on any atom is 0.138 e. The van der Waals surface area contributed by atoms with Gasteiger partial charge in [0, 0.05) is 12.5 Å². The van der Waals surface area contributed by atoms with Crippen molar-refractivity contribution in [3.05, 3.63) is 71.3 Å². The molecule has 3 atom stereocenters. The van der Waals surface area contributed by atoms with Crippen molar-refractivity contribution in [2.45, 2.75) is 57.4 Å². The quantitative estimate of drug-likeness (QED) is 0.557. The van der Waals surface area contributed by atoms with E-state index < -0.39 is 12.3 Å². The molecule has 0 N–H and O–H groups in total. The van der Waals surface area contributed by atoms with E-state index in [1.165, 1.54) is 11.1 Å². The van der Waals surface area contributed by atoms with Gasteiger partial charge in [-0.1, -0.05) is 61.5 Å². The fourth-order valence-corrected chi connectivity index (χ4v) is 3.74. The molecule has 1 nitrogen and oxygen atoms in total. The van der Waals surface area contributed by atoms with E-state index in [2.05, 4.69) is 54.3 Å². The Hall–Kier alpha value is -1.74. The lowest BCUT2D eigenvalue weighted by Crippen LogP contribution is -2.38. The number of hydrogen-bond donors (Lipinski definition) is 0. The minimum absolute atomic E-state index is 0.245. The highest BCUT2D eigenvalue weighted by molar-refractivity contribution is 5.29. The van der Waals surface area contributed by atoms with E-state index in [4.69, 9.17) is 0 Å². The molecule has 1 fully saturated rings. The lowest BCUT2D eigenvalue weighted by Gasteiger charge is -2.34. The zero-order valence-electron chi connectivity index (χ0n) is 15.6. The molecular formula is C23H29F2N. The fourth-order valence-electron chi connectivity index (χ4n) is 3.74. The molecule has 0 amide bonds. The molecule has 140 valence electrons. The summed E-state index contributed by atoms with van der Waals surface area (Å²) in [4.78, 5) is 2.51. The average Bonchev–Trinajstić information content (AvgIpc) is 2.67. The van der Waals surface area contributed by atoms with Crippen molar-refractivity contribution in [3.8, 4) is 0 Å². The van der Waals surface area contributed by atoms with E-state index in [1.54, 1.807) is 0 Å². The van der Waals surface area contributed by atoms with Gasteiger partial charge >= 0.3 is 0 Å². The van der Waals surface area contributed by atoms with Crippen LogP contribution in [0.4, 0.5) is 8.78 Å². The molecule has 0 bridgehead atoms. The molecular weight excluding hydrogens is 328 g/mol. The average molecular weight is 357 g/mol. The Morgan fingerprint density at radius 3 is 2.27 bits per heavy atom. The summed E-state index contributed by atoms with van der Waals surface area (Å²) in [7, 11) is 0. The Morgan fingerprint density at radius 2 is 1.65 bits per heavy atom. The molecule has 2 aromatic rings. The number of alkyl halides is 2. The predicted molar refractivity (Wildman–Crippen MR) is 104 cm³/mol. The summed E-state index contributed by atoms with van der Waals surface area (Å²) in [5, 5.41) is 0. The van der Waals surface area contributed by atoms with Crippen LogP contribution in [0.3, 0.4) is 0 Å². The normalized spacial score (nSPS) is 22.4. The summed E-state index contributed by atoms with van der Waals surface area (Å²) in [6, 6.07) is 18.7. The second kappa shape index (κ2) is 9.27. The van der Waals surface area contributed by atoms with Gasteiger partial charge in [0.2, 0.25) is 0 Å². The van der Waals surface area contributed by atoms with Crippen LogP contribution < -0.4 is 0 Å². The minimum Gasteiger partial charge on any atom is -0.299 e. The van der Waals surface area contributed by atoms with Gasteiger partial charge in [-0.25, -0.2) is 8.78 Å². The van der Waals surface area contributed by atoms with Gasteiger partial charge in [-0.3, -0.25) is 4.90 Å². The van der Waals surface area contributed by atoms with E-state index >= 15 is 0 Å². The smallest absolute Gasteiger partial charge is 0.138 e. The number of aryl methyl sites for hydroxylation is 1. The molecule has 0 aliphatic heterocycles. The Morgan fingerprint density at radius 1 is 0.923 bits per heavy atom. The molecule has 0 radical (unpaired) electrons. The molecule has 3 rings (SSSR count). The molecule has 0 heterocycles. The van der Waals surface area contributed by atoms with E-state index in [0.717, 1.165) is 44.5 Å². The number of hydrogen-bond acceptors (Lipinski definition) is 1. The van der Waals surface area contributed by atoms with Gasteiger partial charge in [-0.2, -0.15) is 0 Å². The Balaban J connectivity index is 1.46. The molecule has 3 unspecified atom stereocenters. The molecule has 0 aromatic heterocycles. The zero-order chi connectivity index (χ0) is 18.4. The van der Waals surface area contributed by atoms with Crippen LogP contribution in [-0.4, -0.2) is 30.3 Å². The highest BCUT2D eigenvalue weighted by Gasteiger charge is 2.42. The van der Waals surface area contributed by atoms with E-state index in [-0.39, 0.29) is 5.92 Å². The van der Waals surface area contributed by atoms with Crippen LogP contribution in [0.2, 0.25) is 0 Å². The van der Waals surface area contributed by atoms with Crippen molar-refractivity contribution < 1.29 is 8.78 Å². The second-order valence-corrected chi connectivity index (χ2v) is 7.41. The van der Waals surface area contributed by atoms with Crippen LogP contribution in [0.25, 0.3) is 0 Å². The predicted octanol–water partition coefficient (Wildman–Crippen LogP) is 5.69. The fraction of sp³-hybridized carbons (Fsp3) is 0.478. The van der Waals surface area contributed by atoms with Crippen LogP contribution in [0.1, 0.15) is 48.8 Å². The summed E-state index contributed by atoms with van der Waals surface area (Å²) >= 11 is 0. The third-order valence-corrected chi connectivity index (χ3v) is 5.35. The van der Waals surface area contributed by atoms with Crippen molar-refractivity contribution in [1.29, 1.82) is 0 Å². The Kier molecular flexibility index (Phi) is 6.79. The monoisotopic (exact) mass is 357 g/mol. The van der Waals surface area contributed by atoms with Gasteiger partial charge in [0.15, 0.2) is 0 Å². The standard InChI is InChI=1S/C23H29F2N/c1-2-14-26(17-19-7-4-3-5-8-19)15-6-9-18-10-12-20(13-11-18)21-16-22(24)23(21)25/h3-5,7-8,10-13,21-23H,2,6,9,14-17H2,1H3. The molecule has 3 heteroatoms. The molecule has 1 aliphatic rings. The first-order valence-corrected chi connectivity index (χ1v) is 9.80. The molecule has 0 spiro atoms. The molecule has 26 heavy (non-hydrogen) atoms. The SMILES string of the molecule is CCCN(CCCc1ccc(C2CC(F)C2F)cc1)Cc1ccccc1. The second-order valence-electron chi connectivity index (χ2n) is 7.41. The summed E-state index contributed by atoms with van der Waals surface area (Å²) < 4.78 is 26.5. The Bertz CT molecular complexity index is 656. The van der Waals surface area contributed by atoms with Crippen LogP contribution in [0.15, 0.2) is 54.6 Å². The summed E-state index contributed by atoms with van der Waals surface area (Å²) in [5.74, 6) is -0.245. The van der Waals surface area contributed by atoms with Crippen LogP contribution in [0.5, 0.6) is 0 Å². The van der Waals surface area contributed by atoms with Gasteiger partial charge in [-0.05, 0) is 55.5 Å². The van der Waals surface area contributed by atoms with E-state index in [1.807, 2.05) is 12.1 Å². The van der Waals surface area contributed by atoms with Crippen LogP contribution >= 0.6 is 0 Å². The molecule has 1 saturated carbocycles. The van der Waals surface area contributed by atoms with Gasteiger partial charge in [0.05, 0.1) is 0 Å².